The van der Waals surface area contributed by atoms with E-state index in [2.05, 4.69) is 32.8 Å². The fraction of sp³-hybridized carbons (Fsp3) is 0.692. The molecule has 18 heavy (non-hydrogen) atoms. The highest BCUT2D eigenvalue weighted by molar-refractivity contribution is 9.10. The number of nitrogens with two attached hydrogens (primary N) is 1. The minimum Gasteiger partial charge on any atom is -0.377 e. The molecule has 1 heterocycles. The van der Waals surface area contributed by atoms with Gasteiger partial charge in [0.05, 0.1) is 11.6 Å². The lowest BCUT2D eigenvalue weighted by molar-refractivity contribution is -0.0672. The van der Waals surface area contributed by atoms with E-state index in [0.29, 0.717) is 0 Å². The van der Waals surface area contributed by atoms with Crippen molar-refractivity contribution in [3.05, 3.63) is 20.8 Å². The molecule has 2 rings (SSSR count). The topological polar surface area (TPSA) is 47.3 Å². The minimum atomic E-state index is -0.0938. The first-order valence-corrected chi connectivity index (χ1v) is 8.11. The van der Waals surface area contributed by atoms with Crippen LogP contribution in [0.25, 0.3) is 0 Å². The Balaban J connectivity index is 2.10. The van der Waals surface area contributed by atoms with E-state index in [1.807, 2.05) is 7.11 Å². The molecule has 1 unspecified atom stereocenters. The van der Waals surface area contributed by atoms with Gasteiger partial charge in [-0.2, -0.15) is 0 Å². The fourth-order valence-corrected chi connectivity index (χ4v) is 4.40. The van der Waals surface area contributed by atoms with Gasteiger partial charge in [0.1, 0.15) is 0 Å². The van der Waals surface area contributed by atoms with Crippen molar-refractivity contribution in [2.24, 2.45) is 5.84 Å². The quantitative estimate of drug-likeness (QED) is 0.642. The first-order valence-electron chi connectivity index (χ1n) is 6.44. The maximum absolute atomic E-state index is 5.86. The highest BCUT2D eigenvalue weighted by atomic mass is 79.9. The number of hydrogen-bond acceptors (Lipinski definition) is 4. The lowest BCUT2D eigenvalue weighted by Crippen LogP contribution is -2.56. The standard InChI is InChI=1S/C13H21BrN2OS/c1-17-13(5-3-2-4-6-13)12(16-15)8-11-7-10(14)9-18-11/h7,9,12,16H,2-6,8,15H2,1H3. The molecule has 1 fully saturated rings. The largest absolute Gasteiger partial charge is 0.377 e. The van der Waals surface area contributed by atoms with E-state index in [1.54, 1.807) is 11.3 Å². The molecule has 0 spiro atoms. The van der Waals surface area contributed by atoms with Crippen LogP contribution in [-0.4, -0.2) is 18.8 Å². The summed E-state index contributed by atoms with van der Waals surface area (Å²) < 4.78 is 7.01. The van der Waals surface area contributed by atoms with Crippen molar-refractivity contribution >= 4 is 27.3 Å². The molecule has 0 radical (unpaired) electrons. The lowest BCUT2D eigenvalue weighted by Gasteiger charge is -2.42. The summed E-state index contributed by atoms with van der Waals surface area (Å²) in [5, 5.41) is 2.11. The predicted molar refractivity (Wildman–Crippen MR) is 79.7 cm³/mol. The Morgan fingerprint density at radius 2 is 2.22 bits per heavy atom. The maximum Gasteiger partial charge on any atom is 0.0847 e. The van der Waals surface area contributed by atoms with Crippen LogP contribution < -0.4 is 11.3 Å². The molecule has 1 saturated carbocycles. The molecule has 102 valence electrons. The Labute approximate surface area is 121 Å². The predicted octanol–water partition coefficient (Wildman–Crippen LogP) is 3.23. The van der Waals surface area contributed by atoms with Gasteiger partial charge in [0.25, 0.3) is 0 Å². The second-order valence-corrected chi connectivity index (χ2v) is 6.90. The smallest absolute Gasteiger partial charge is 0.0847 e. The minimum absolute atomic E-state index is 0.0938. The van der Waals surface area contributed by atoms with Crippen molar-refractivity contribution < 1.29 is 4.74 Å². The first kappa shape index (κ1) is 14.5. The molecule has 1 atom stereocenters. The average molecular weight is 333 g/mol. The molecule has 1 aliphatic carbocycles. The molecule has 1 aromatic rings. The molecule has 1 aliphatic rings. The van der Waals surface area contributed by atoms with Gasteiger partial charge in [0.2, 0.25) is 0 Å². The van der Waals surface area contributed by atoms with Gasteiger partial charge in [-0.15, -0.1) is 11.3 Å². The van der Waals surface area contributed by atoms with E-state index in [9.17, 15) is 0 Å². The van der Waals surface area contributed by atoms with Crippen LogP contribution in [0.1, 0.15) is 37.0 Å². The molecule has 5 heteroatoms. The van der Waals surface area contributed by atoms with Gasteiger partial charge in [-0.25, -0.2) is 0 Å². The Morgan fingerprint density at radius 3 is 2.72 bits per heavy atom. The number of methoxy groups -OCH3 is 1. The third kappa shape index (κ3) is 3.14. The van der Waals surface area contributed by atoms with Gasteiger partial charge in [0, 0.05) is 28.3 Å². The molecular formula is C13H21BrN2OS. The molecular weight excluding hydrogens is 312 g/mol. The van der Waals surface area contributed by atoms with Crippen LogP contribution in [0.15, 0.2) is 15.9 Å². The van der Waals surface area contributed by atoms with Crippen molar-refractivity contribution in [1.82, 2.24) is 5.43 Å². The number of hydrazine groups is 1. The second kappa shape index (κ2) is 6.48. The summed E-state index contributed by atoms with van der Waals surface area (Å²) in [5.41, 5.74) is 2.89. The Kier molecular flexibility index (Phi) is 5.21. The van der Waals surface area contributed by atoms with Crippen LogP contribution >= 0.6 is 27.3 Å². The van der Waals surface area contributed by atoms with Crippen LogP contribution in [0, 0.1) is 0 Å². The Morgan fingerprint density at radius 1 is 1.50 bits per heavy atom. The lowest BCUT2D eigenvalue weighted by atomic mass is 9.78. The van der Waals surface area contributed by atoms with E-state index < -0.39 is 0 Å². The van der Waals surface area contributed by atoms with Crippen LogP contribution in [0.5, 0.6) is 0 Å². The molecule has 0 aromatic carbocycles. The molecule has 3 N–H and O–H groups in total. The molecule has 0 saturated heterocycles. The highest BCUT2D eigenvalue weighted by Crippen LogP contribution is 2.36. The summed E-state index contributed by atoms with van der Waals surface area (Å²) in [6.07, 6.45) is 6.92. The number of thiophene rings is 1. The number of nitrogens with one attached hydrogen (secondary N) is 1. The third-order valence-corrected chi connectivity index (χ3v) is 5.69. The summed E-state index contributed by atoms with van der Waals surface area (Å²) in [5.74, 6) is 5.78. The van der Waals surface area contributed by atoms with Gasteiger partial charge in [-0.05, 0) is 34.8 Å². The summed E-state index contributed by atoms with van der Waals surface area (Å²) in [4.78, 5) is 1.34. The van der Waals surface area contributed by atoms with Gasteiger partial charge < -0.3 is 4.74 Å². The van der Waals surface area contributed by atoms with Crippen molar-refractivity contribution in [2.75, 3.05) is 7.11 Å². The van der Waals surface area contributed by atoms with E-state index >= 15 is 0 Å². The zero-order valence-electron chi connectivity index (χ0n) is 10.7. The summed E-state index contributed by atoms with van der Waals surface area (Å²) in [6.45, 7) is 0. The highest BCUT2D eigenvalue weighted by Gasteiger charge is 2.39. The number of hydrogen-bond donors (Lipinski definition) is 2. The van der Waals surface area contributed by atoms with Crippen molar-refractivity contribution in [3.8, 4) is 0 Å². The maximum atomic E-state index is 5.86. The van der Waals surface area contributed by atoms with E-state index in [4.69, 9.17) is 10.6 Å². The zero-order chi connectivity index (χ0) is 13.0. The fourth-order valence-electron chi connectivity index (χ4n) is 2.90. The normalized spacial score (nSPS) is 20.8. The molecule has 1 aromatic heterocycles. The van der Waals surface area contributed by atoms with Crippen molar-refractivity contribution in [3.63, 3.8) is 0 Å². The third-order valence-electron chi connectivity index (χ3n) is 3.97. The van der Waals surface area contributed by atoms with E-state index in [1.165, 1.54) is 24.1 Å². The zero-order valence-corrected chi connectivity index (χ0v) is 13.1. The summed E-state index contributed by atoms with van der Waals surface area (Å²) >= 11 is 5.27. The van der Waals surface area contributed by atoms with E-state index in [-0.39, 0.29) is 11.6 Å². The Bertz CT molecular complexity index is 377. The SMILES string of the molecule is COC1(C(Cc2cc(Br)cs2)NN)CCCCC1. The monoisotopic (exact) mass is 332 g/mol. The van der Waals surface area contributed by atoms with Crippen LogP contribution in [-0.2, 0) is 11.2 Å². The number of rotatable bonds is 5. The summed E-state index contributed by atoms with van der Waals surface area (Å²) in [7, 11) is 1.82. The second-order valence-electron chi connectivity index (χ2n) is 4.98. The van der Waals surface area contributed by atoms with Crippen LogP contribution in [0.3, 0.4) is 0 Å². The first-order chi connectivity index (χ1) is 8.70. The van der Waals surface area contributed by atoms with Gasteiger partial charge in [0.15, 0.2) is 0 Å². The van der Waals surface area contributed by atoms with Gasteiger partial charge in [-0.3, -0.25) is 11.3 Å². The van der Waals surface area contributed by atoms with Crippen LogP contribution in [0.2, 0.25) is 0 Å². The molecule has 0 aliphatic heterocycles. The van der Waals surface area contributed by atoms with Crippen LogP contribution in [0.4, 0.5) is 0 Å². The van der Waals surface area contributed by atoms with Gasteiger partial charge in [-0.1, -0.05) is 19.3 Å². The Hall–Kier alpha value is 0.0600. The van der Waals surface area contributed by atoms with Gasteiger partial charge >= 0.3 is 0 Å². The van der Waals surface area contributed by atoms with Crippen molar-refractivity contribution in [1.29, 1.82) is 0 Å². The van der Waals surface area contributed by atoms with E-state index in [0.717, 1.165) is 23.7 Å². The summed E-state index contributed by atoms with van der Waals surface area (Å²) in [6, 6.07) is 2.36. The molecule has 0 amide bonds. The number of ether oxygens (including phenoxy) is 1. The molecule has 0 bridgehead atoms. The number of halogens is 1. The van der Waals surface area contributed by atoms with Crippen molar-refractivity contribution in [2.45, 2.75) is 50.2 Å². The molecule has 3 nitrogen and oxygen atoms in total. The average Bonchev–Trinajstić information content (AvgIpc) is 2.82.